The van der Waals surface area contributed by atoms with Crippen LogP contribution in [0.1, 0.15) is 30.5 Å². The molecular weight excluding hydrogens is 370 g/mol. The molecule has 0 aliphatic carbocycles. The van der Waals surface area contributed by atoms with Crippen LogP contribution >= 0.6 is 11.8 Å². The Labute approximate surface area is 168 Å². The van der Waals surface area contributed by atoms with E-state index in [0.29, 0.717) is 6.42 Å². The van der Waals surface area contributed by atoms with Gasteiger partial charge in [0, 0.05) is 41.1 Å². The lowest BCUT2D eigenvalue weighted by atomic mass is 10.0. The molecule has 0 spiro atoms. The largest absolute Gasteiger partial charge is 0.361 e. The number of hydrogen-bond acceptors (Lipinski definition) is 3. The van der Waals surface area contributed by atoms with Gasteiger partial charge >= 0.3 is 0 Å². The smallest absolute Gasteiger partial charge is 0.243 e. The van der Waals surface area contributed by atoms with E-state index >= 15 is 0 Å². The van der Waals surface area contributed by atoms with Gasteiger partial charge in [0.15, 0.2) is 0 Å². The van der Waals surface area contributed by atoms with Crippen LogP contribution in [0.2, 0.25) is 0 Å². The van der Waals surface area contributed by atoms with Gasteiger partial charge < -0.3 is 15.6 Å². The Morgan fingerprint density at radius 2 is 1.96 bits per heavy atom. The molecule has 0 bridgehead atoms. The molecule has 0 saturated heterocycles. The van der Waals surface area contributed by atoms with Crippen molar-refractivity contribution in [1.82, 2.24) is 15.6 Å². The summed E-state index contributed by atoms with van der Waals surface area (Å²) in [6.07, 6.45) is 3.24. The van der Waals surface area contributed by atoms with Crippen molar-refractivity contribution in [1.29, 1.82) is 0 Å². The van der Waals surface area contributed by atoms with Crippen LogP contribution in [0.3, 0.4) is 0 Å². The maximum Gasteiger partial charge on any atom is 0.243 e. The number of benzene rings is 2. The fourth-order valence-corrected chi connectivity index (χ4v) is 4.86. The maximum atomic E-state index is 13.1. The molecule has 0 unspecified atom stereocenters. The summed E-state index contributed by atoms with van der Waals surface area (Å²) in [6, 6.07) is 15.5. The molecule has 1 aliphatic rings. The molecule has 3 N–H and O–H groups in total. The number of carbonyl (C=O) groups excluding carboxylic acids is 2. The van der Waals surface area contributed by atoms with E-state index in [-0.39, 0.29) is 17.9 Å². The predicted molar refractivity (Wildman–Crippen MR) is 112 cm³/mol. The summed E-state index contributed by atoms with van der Waals surface area (Å²) in [6.45, 7) is 1.45. The van der Waals surface area contributed by atoms with Crippen molar-refractivity contribution in [2.45, 2.75) is 36.7 Å². The summed E-state index contributed by atoms with van der Waals surface area (Å²) in [5.41, 5.74) is 3.20. The van der Waals surface area contributed by atoms with Gasteiger partial charge in [0.25, 0.3) is 0 Å². The number of aromatic nitrogens is 1. The Hall–Kier alpha value is -2.73. The standard InChI is InChI=1S/C22H23N3O2S/c1-14(26)24-20(12-15-13-23-18-8-4-2-6-16(15)18)22(27)25-19-10-11-28-21-9-5-3-7-17(19)21/h2-9,13,19-20,23H,10-12H2,1H3,(H,24,26)(H,25,27)/t19-,20+/m1/s1. The first kappa shape index (κ1) is 18.6. The number of fused-ring (bicyclic) bond motifs is 2. The monoisotopic (exact) mass is 393 g/mol. The van der Waals surface area contributed by atoms with E-state index in [1.165, 1.54) is 11.8 Å². The van der Waals surface area contributed by atoms with E-state index in [0.717, 1.165) is 34.2 Å². The number of rotatable bonds is 5. The molecule has 0 fully saturated rings. The topological polar surface area (TPSA) is 74.0 Å². The van der Waals surface area contributed by atoms with Gasteiger partial charge in [0.1, 0.15) is 6.04 Å². The van der Waals surface area contributed by atoms with Crippen LogP contribution < -0.4 is 10.6 Å². The minimum Gasteiger partial charge on any atom is -0.361 e. The van der Waals surface area contributed by atoms with Crippen LogP contribution in [0.15, 0.2) is 59.6 Å². The van der Waals surface area contributed by atoms with Crippen molar-refractivity contribution >= 4 is 34.5 Å². The molecule has 2 aromatic carbocycles. The zero-order chi connectivity index (χ0) is 19.5. The van der Waals surface area contributed by atoms with Crippen molar-refractivity contribution in [3.05, 3.63) is 65.9 Å². The first-order valence-electron chi connectivity index (χ1n) is 9.46. The average molecular weight is 394 g/mol. The van der Waals surface area contributed by atoms with Gasteiger partial charge in [0.05, 0.1) is 6.04 Å². The van der Waals surface area contributed by atoms with Crippen LogP contribution in [-0.2, 0) is 16.0 Å². The van der Waals surface area contributed by atoms with E-state index in [4.69, 9.17) is 0 Å². The van der Waals surface area contributed by atoms with Crippen LogP contribution in [0.25, 0.3) is 10.9 Å². The molecule has 1 aliphatic heterocycles. The number of amides is 2. The lowest BCUT2D eigenvalue weighted by Gasteiger charge is -2.28. The number of hydrogen-bond donors (Lipinski definition) is 3. The fraction of sp³-hybridized carbons (Fsp3) is 0.273. The highest BCUT2D eigenvalue weighted by Gasteiger charge is 2.27. The summed E-state index contributed by atoms with van der Waals surface area (Å²) in [5.74, 6) is 0.613. The Kier molecular flexibility index (Phi) is 5.39. The molecule has 2 amide bonds. The Morgan fingerprint density at radius 3 is 2.82 bits per heavy atom. The second-order valence-electron chi connectivity index (χ2n) is 7.05. The normalized spacial score (nSPS) is 17.0. The quantitative estimate of drug-likeness (QED) is 0.620. The van der Waals surface area contributed by atoms with Crippen LogP contribution in [0.5, 0.6) is 0 Å². The van der Waals surface area contributed by atoms with Crippen molar-refractivity contribution in [3.63, 3.8) is 0 Å². The molecule has 4 rings (SSSR count). The lowest BCUT2D eigenvalue weighted by Crippen LogP contribution is -2.48. The van der Waals surface area contributed by atoms with Crippen molar-refractivity contribution < 1.29 is 9.59 Å². The predicted octanol–water partition coefficient (Wildman–Crippen LogP) is 3.57. The van der Waals surface area contributed by atoms with E-state index in [1.807, 2.05) is 54.4 Å². The summed E-state index contributed by atoms with van der Waals surface area (Å²) in [4.78, 5) is 29.3. The molecule has 144 valence electrons. The highest BCUT2D eigenvalue weighted by atomic mass is 32.2. The molecule has 0 radical (unpaired) electrons. The second-order valence-corrected chi connectivity index (χ2v) is 8.19. The highest BCUT2D eigenvalue weighted by molar-refractivity contribution is 7.99. The molecule has 28 heavy (non-hydrogen) atoms. The van der Waals surface area contributed by atoms with Gasteiger partial charge in [-0.25, -0.2) is 0 Å². The third-order valence-electron chi connectivity index (χ3n) is 5.07. The molecule has 2 atom stereocenters. The third-order valence-corrected chi connectivity index (χ3v) is 6.19. The number of thioether (sulfide) groups is 1. The number of H-pyrrole nitrogens is 1. The fourth-order valence-electron chi connectivity index (χ4n) is 3.74. The third kappa shape index (κ3) is 3.92. The van der Waals surface area contributed by atoms with Gasteiger partial charge in [0.2, 0.25) is 11.8 Å². The van der Waals surface area contributed by atoms with Crippen LogP contribution in [0.4, 0.5) is 0 Å². The van der Waals surface area contributed by atoms with Crippen molar-refractivity contribution in [2.75, 3.05) is 5.75 Å². The van der Waals surface area contributed by atoms with Gasteiger partial charge in [-0.15, -0.1) is 11.8 Å². The first-order valence-corrected chi connectivity index (χ1v) is 10.4. The highest BCUT2D eigenvalue weighted by Crippen LogP contribution is 2.35. The maximum absolute atomic E-state index is 13.1. The average Bonchev–Trinajstić information content (AvgIpc) is 3.10. The van der Waals surface area contributed by atoms with Crippen LogP contribution in [-0.4, -0.2) is 28.6 Å². The van der Waals surface area contributed by atoms with E-state index in [1.54, 1.807) is 0 Å². The van der Waals surface area contributed by atoms with Gasteiger partial charge in [-0.05, 0) is 29.7 Å². The van der Waals surface area contributed by atoms with Crippen molar-refractivity contribution in [3.8, 4) is 0 Å². The summed E-state index contributed by atoms with van der Waals surface area (Å²) >= 11 is 1.82. The van der Waals surface area contributed by atoms with E-state index < -0.39 is 6.04 Å². The van der Waals surface area contributed by atoms with Gasteiger partial charge in [-0.2, -0.15) is 0 Å². The molecule has 1 aromatic heterocycles. The Bertz CT molecular complexity index is 1010. The molecule has 5 nitrogen and oxygen atoms in total. The number of nitrogens with one attached hydrogen (secondary N) is 3. The van der Waals surface area contributed by atoms with Gasteiger partial charge in [-0.3, -0.25) is 9.59 Å². The molecule has 3 aromatic rings. The van der Waals surface area contributed by atoms with Gasteiger partial charge in [-0.1, -0.05) is 36.4 Å². The SMILES string of the molecule is CC(=O)N[C@@H](Cc1c[nH]c2ccccc12)C(=O)N[C@@H]1CCSc2ccccc21. The summed E-state index contributed by atoms with van der Waals surface area (Å²) in [5, 5.41) is 7.06. The zero-order valence-electron chi connectivity index (χ0n) is 15.7. The Morgan fingerprint density at radius 1 is 1.18 bits per heavy atom. The lowest BCUT2D eigenvalue weighted by molar-refractivity contribution is -0.128. The summed E-state index contributed by atoms with van der Waals surface area (Å²) < 4.78 is 0. The Balaban J connectivity index is 1.54. The number of para-hydroxylation sites is 1. The minimum absolute atomic E-state index is 0.0239. The van der Waals surface area contributed by atoms with E-state index in [9.17, 15) is 9.59 Å². The molecule has 6 heteroatoms. The second kappa shape index (κ2) is 8.10. The molecular formula is C22H23N3O2S. The number of aromatic amines is 1. The first-order chi connectivity index (χ1) is 13.6. The number of carbonyl (C=O) groups is 2. The minimum atomic E-state index is -0.613. The van der Waals surface area contributed by atoms with Crippen molar-refractivity contribution in [2.24, 2.45) is 0 Å². The van der Waals surface area contributed by atoms with E-state index in [2.05, 4.69) is 27.8 Å². The van der Waals surface area contributed by atoms with Crippen LogP contribution in [0, 0.1) is 0 Å². The molecule has 0 saturated carbocycles. The zero-order valence-corrected chi connectivity index (χ0v) is 16.5. The summed E-state index contributed by atoms with van der Waals surface area (Å²) in [7, 11) is 0. The molecule has 2 heterocycles.